The number of hydrogen-bond donors (Lipinski definition) is 1. The fourth-order valence-electron chi connectivity index (χ4n) is 2.78. The molecule has 1 fully saturated rings. The maximum Gasteiger partial charge on any atom is 0.0270 e. The normalized spacial score (nSPS) is 19.0. The zero-order valence-electron chi connectivity index (χ0n) is 12.1. The summed E-state index contributed by atoms with van der Waals surface area (Å²) >= 11 is 0. The van der Waals surface area contributed by atoms with Gasteiger partial charge in [0, 0.05) is 25.0 Å². The second kappa shape index (κ2) is 8.28. The van der Waals surface area contributed by atoms with E-state index in [-0.39, 0.29) is 0 Å². The lowest BCUT2D eigenvalue weighted by Gasteiger charge is -2.24. The third-order valence-electron chi connectivity index (χ3n) is 3.89. The number of nitrogens with one attached hydrogen (secondary N) is 1. The molecule has 0 spiro atoms. The summed E-state index contributed by atoms with van der Waals surface area (Å²) in [6.07, 6.45) is 10.4. The molecule has 1 aromatic rings. The fourth-order valence-corrected chi connectivity index (χ4v) is 2.78. The number of rotatable bonds is 6. The first kappa shape index (κ1) is 14.5. The molecule has 0 aromatic carbocycles. The molecule has 1 N–H and O–H groups in total. The molecule has 1 aliphatic heterocycles. The number of aromatic nitrogens is 1. The Hall–Kier alpha value is -0.930. The minimum absolute atomic E-state index is 0.583. The van der Waals surface area contributed by atoms with E-state index in [1.54, 1.807) is 0 Å². The largest absolute Gasteiger partial charge is 0.313 e. The van der Waals surface area contributed by atoms with E-state index in [2.05, 4.69) is 34.3 Å². The average molecular weight is 261 g/mol. The summed E-state index contributed by atoms with van der Waals surface area (Å²) in [5, 5.41) is 3.64. The molecule has 3 heteroatoms. The first-order chi connectivity index (χ1) is 9.34. The Morgan fingerprint density at radius 3 is 2.53 bits per heavy atom. The van der Waals surface area contributed by atoms with Gasteiger partial charge in [-0.15, -0.1) is 0 Å². The molecule has 1 aromatic heterocycles. The Bertz CT molecular complexity index is 331. The van der Waals surface area contributed by atoms with Crippen molar-refractivity contribution in [2.45, 2.75) is 45.1 Å². The highest BCUT2D eigenvalue weighted by molar-refractivity contribution is 5.09. The first-order valence-electron chi connectivity index (χ1n) is 7.69. The van der Waals surface area contributed by atoms with Gasteiger partial charge >= 0.3 is 0 Å². The first-order valence-corrected chi connectivity index (χ1v) is 7.69. The van der Waals surface area contributed by atoms with Gasteiger partial charge in [-0.2, -0.15) is 0 Å². The molecule has 0 radical (unpaired) electrons. The smallest absolute Gasteiger partial charge is 0.0270 e. The van der Waals surface area contributed by atoms with E-state index in [9.17, 15) is 0 Å². The highest BCUT2D eigenvalue weighted by atomic mass is 15.1. The predicted molar refractivity (Wildman–Crippen MR) is 80.3 cm³/mol. The van der Waals surface area contributed by atoms with E-state index in [1.165, 1.54) is 50.9 Å². The van der Waals surface area contributed by atoms with Crippen LogP contribution < -0.4 is 5.32 Å². The van der Waals surface area contributed by atoms with Gasteiger partial charge < -0.3 is 10.2 Å². The third kappa shape index (κ3) is 5.70. The second-order valence-electron chi connectivity index (χ2n) is 5.68. The van der Waals surface area contributed by atoms with E-state index in [4.69, 9.17) is 0 Å². The Morgan fingerprint density at radius 1 is 1.16 bits per heavy atom. The highest BCUT2D eigenvalue weighted by Crippen LogP contribution is 2.09. The van der Waals surface area contributed by atoms with Crippen molar-refractivity contribution >= 4 is 0 Å². The van der Waals surface area contributed by atoms with Crippen LogP contribution in [0, 0.1) is 0 Å². The Balaban J connectivity index is 1.62. The SMILES string of the molecule is C[C@@H](CN1CCCCCC1)NCCc1ccncc1. The van der Waals surface area contributed by atoms with Gasteiger partial charge in [-0.3, -0.25) is 4.98 Å². The van der Waals surface area contributed by atoms with Crippen molar-refractivity contribution < 1.29 is 0 Å². The molecule has 0 saturated carbocycles. The van der Waals surface area contributed by atoms with Crippen molar-refractivity contribution in [2.24, 2.45) is 0 Å². The lowest BCUT2D eigenvalue weighted by molar-refractivity contribution is 0.256. The summed E-state index contributed by atoms with van der Waals surface area (Å²) < 4.78 is 0. The van der Waals surface area contributed by atoms with Crippen LogP contribution in [0.4, 0.5) is 0 Å². The van der Waals surface area contributed by atoms with E-state index >= 15 is 0 Å². The van der Waals surface area contributed by atoms with Crippen molar-refractivity contribution in [1.82, 2.24) is 15.2 Å². The van der Waals surface area contributed by atoms with E-state index in [0.29, 0.717) is 6.04 Å². The maximum absolute atomic E-state index is 4.05. The topological polar surface area (TPSA) is 28.2 Å². The highest BCUT2D eigenvalue weighted by Gasteiger charge is 2.11. The lowest BCUT2D eigenvalue weighted by Crippen LogP contribution is -2.40. The zero-order chi connectivity index (χ0) is 13.3. The molecule has 1 atom stereocenters. The summed E-state index contributed by atoms with van der Waals surface area (Å²) in [4.78, 5) is 6.67. The maximum atomic E-state index is 4.05. The van der Waals surface area contributed by atoms with Crippen LogP contribution in [0.2, 0.25) is 0 Å². The molecule has 1 saturated heterocycles. The van der Waals surface area contributed by atoms with Gasteiger partial charge in [-0.25, -0.2) is 0 Å². The molecule has 0 bridgehead atoms. The number of hydrogen-bond acceptors (Lipinski definition) is 3. The van der Waals surface area contributed by atoms with Gasteiger partial charge in [0.05, 0.1) is 0 Å². The van der Waals surface area contributed by atoms with Gasteiger partial charge in [0.2, 0.25) is 0 Å². The molecule has 2 heterocycles. The minimum Gasteiger partial charge on any atom is -0.313 e. The van der Waals surface area contributed by atoms with Gasteiger partial charge in [-0.05, 0) is 63.5 Å². The summed E-state index contributed by atoms with van der Waals surface area (Å²) in [6.45, 7) is 7.12. The van der Waals surface area contributed by atoms with Crippen molar-refractivity contribution in [3.05, 3.63) is 30.1 Å². The monoisotopic (exact) mass is 261 g/mol. The van der Waals surface area contributed by atoms with E-state index in [0.717, 1.165) is 13.0 Å². The van der Waals surface area contributed by atoms with Crippen LogP contribution in [0.5, 0.6) is 0 Å². The Labute approximate surface area is 117 Å². The van der Waals surface area contributed by atoms with Crippen molar-refractivity contribution in [1.29, 1.82) is 0 Å². The Kier molecular flexibility index (Phi) is 6.31. The van der Waals surface area contributed by atoms with Gasteiger partial charge in [0.25, 0.3) is 0 Å². The Morgan fingerprint density at radius 2 is 1.84 bits per heavy atom. The fraction of sp³-hybridized carbons (Fsp3) is 0.688. The zero-order valence-corrected chi connectivity index (χ0v) is 12.1. The van der Waals surface area contributed by atoms with Crippen LogP contribution in [-0.2, 0) is 6.42 Å². The minimum atomic E-state index is 0.583. The molecule has 0 amide bonds. The quantitative estimate of drug-likeness (QED) is 0.852. The standard InChI is InChI=1S/C16H27N3/c1-15(14-19-12-4-2-3-5-13-19)18-11-8-16-6-9-17-10-7-16/h6-7,9-10,15,18H,2-5,8,11-14H2,1H3/t15-/m0/s1. The van der Waals surface area contributed by atoms with Crippen LogP contribution in [0.15, 0.2) is 24.5 Å². The summed E-state index contributed by atoms with van der Waals surface area (Å²) in [5.41, 5.74) is 1.37. The molecule has 106 valence electrons. The van der Waals surface area contributed by atoms with E-state index < -0.39 is 0 Å². The van der Waals surface area contributed by atoms with Crippen LogP contribution >= 0.6 is 0 Å². The molecule has 19 heavy (non-hydrogen) atoms. The van der Waals surface area contributed by atoms with E-state index in [1.807, 2.05) is 12.4 Å². The molecule has 0 aliphatic carbocycles. The number of nitrogens with zero attached hydrogens (tertiary/aromatic N) is 2. The van der Waals surface area contributed by atoms with Gasteiger partial charge in [0.1, 0.15) is 0 Å². The lowest BCUT2D eigenvalue weighted by atomic mass is 10.2. The summed E-state index contributed by atoms with van der Waals surface area (Å²) in [7, 11) is 0. The van der Waals surface area contributed by atoms with Crippen LogP contribution in [0.1, 0.15) is 38.2 Å². The molecule has 3 nitrogen and oxygen atoms in total. The molecular formula is C16H27N3. The van der Waals surface area contributed by atoms with Crippen molar-refractivity contribution in [3.63, 3.8) is 0 Å². The van der Waals surface area contributed by atoms with Crippen molar-refractivity contribution in [3.8, 4) is 0 Å². The molecule has 1 aliphatic rings. The predicted octanol–water partition coefficient (Wildman–Crippen LogP) is 2.48. The van der Waals surface area contributed by atoms with Crippen LogP contribution in [0.25, 0.3) is 0 Å². The second-order valence-corrected chi connectivity index (χ2v) is 5.68. The third-order valence-corrected chi connectivity index (χ3v) is 3.89. The molecular weight excluding hydrogens is 234 g/mol. The van der Waals surface area contributed by atoms with Gasteiger partial charge in [-0.1, -0.05) is 12.8 Å². The van der Waals surface area contributed by atoms with Gasteiger partial charge in [0.15, 0.2) is 0 Å². The van der Waals surface area contributed by atoms with Crippen LogP contribution in [-0.4, -0.2) is 42.1 Å². The number of pyridine rings is 1. The van der Waals surface area contributed by atoms with Crippen molar-refractivity contribution in [2.75, 3.05) is 26.2 Å². The molecule has 2 rings (SSSR count). The molecule has 0 unspecified atom stereocenters. The number of likely N-dealkylation sites (tertiary alicyclic amines) is 1. The summed E-state index contributed by atoms with van der Waals surface area (Å²) in [6, 6.07) is 4.78. The van der Waals surface area contributed by atoms with Crippen LogP contribution in [0.3, 0.4) is 0 Å². The average Bonchev–Trinajstić information content (AvgIpc) is 2.68. The summed E-state index contributed by atoms with van der Waals surface area (Å²) in [5.74, 6) is 0.